The molecule has 19 heavy (non-hydrogen) atoms. The van der Waals surface area contributed by atoms with Crippen LogP contribution in [0.1, 0.15) is 12.5 Å². The Balaban J connectivity index is 2.85. The zero-order valence-corrected chi connectivity index (χ0v) is 11.3. The summed E-state index contributed by atoms with van der Waals surface area (Å²) in [7, 11) is -3.86. The van der Waals surface area contributed by atoms with E-state index in [-0.39, 0.29) is 23.5 Å². The quantitative estimate of drug-likeness (QED) is 0.669. The summed E-state index contributed by atoms with van der Waals surface area (Å²) in [5, 5.41) is 2.46. The molecule has 1 amide bonds. The minimum atomic E-state index is -3.86. The smallest absolute Gasteiger partial charge is 0.241 e. The molecule has 8 heteroatoms. The van der Waals surface area contributed by atoms with E-state index >= 15 is 0 Å². The molecule has 0 bridgehead atoms. The number of benzene rings is 1. The van der Waals surface area contributed by atoms with E-state index in [2.05, 4.69) is 10.0 Å². The van der Waals surface area contributed by atoms with Crippen LogP contribution in [-0.4, -0.2) is 27.4 Å². The maximum atomic E-state index is 13.2. The van der Waals surface area contributed by atoms with E-state index < -0.39 is 21.7 Å². The number of carbonyl (C=O) groups is 1. The summed E-state index contributed by atoms with van der Waals surface area (Å²) < 4.78 is 39.1. The largest absolute Gasteiger partial charge is 0.355 e. The van der Waals surface area contributed by atoms with Crippen molar-refractivity contribution in [3.63, 3.8) is 0 Å². The first kappa shape index (κ1) is 15.5. The summed E-state index contributed by atoms with van der Waals surface area (Å²) in [6.45, 7) is 1.66. The standard InChI is InChI=1S/C11H16FN3O3S/c1-2-14-11(16)7-15-19(17,18)9-3-4-10(12)8(5-9)6-13/h3-5,15H,2,6-7,13H2,1H3,(H,14,16). The Bertz CT molecular complexity index is 560. The first-order chi connectivity index (χ1) is 8.90. The Labute approximate surface area is 111 Å². The van der Waals surface area contributed by atoms with Crippen LogP contribution in [0.5, 0.6) is 0 Å². The number of nitrogens with one attached hydrogen (secondary N) is 2. The lowest BCUT2D eigenvalue weighted by Gasteiger charge is -2.08. The molecule has 0 aliphatic heterocycles. The number of hydrogen-bond acceptors (Lipinski definition) is 4. The SMILES string of the molecule is CCNC(=O)CNS(=O)(=O)c1ccc(F)c(CN)c1. The van der Waals surface area contributed by atoms with Gasteiger partial charge >= 0.3 is 0 Å². The van der Waals surface area contributed by atoms with Crippen LogP contribution in [0.15, 0.2) is 23.1 Å². The van der Waals surface area contributed by atoms with E-state index in [0.29, 0.717) is 6.54 Å². The zero-order valence-electron chi connectivity index (χ0n) is 10.4. The number of likely N-dealkylation sites (N-methyl/N-ethyl adjacent to an activating group) is 1. The van der Waals surface area contributed by atoms with Crippen LogP contribution in [0.4, 0.5) is 4.39 Å². The average Bonchev–Trinajstić information content (AvgIpc) is 2.37. The third-order valence-electron chi connectivity index (χ3n) is 2.34. The fourth-order valence-corrected chi connectivity index (χ4v) is 2.41. The number of rotatable bonds is 6. The van der Waals surface area contributed by atoms with Crippen LogP contribution in [0, 0.1) is 5.82 Å². The third kappa shape index (κ3) is 4.27. The molecule has 0 fully saturated rings. The third-order valence-corrected chi connectivity index (χ3v) is 3.74. The van der Waals surface area contributed by atoms with Crippen LogP contribution in [-0.2, 0) is 21.4 Å². The highest BCUT2D eigenvalue weighted by atomic mass is 32.2. The highest BCUT2D eigenvalue weighted by Gasteiger charge is 2.16. The molecule has 1 aromatic carbocycles. The maximum Gasteiger partial charge on any atom is 0.241 e. The van der Waals surface area contributed by atoms with E-state index in [1.165, 1.54) is 0 Å². The van der Waals surface area contributed by atoms with Gasteiger partial charge in [0.2, 0.25) is 15.9 Å². The Kier molecular flexibility index (Phi) is 5.40. The molecule has 0 aliphatic rings. The molecule has 0 spiro atoms. The second kappa shape index (κ2) is 6.60. The predicted octanol–water partition coefficient (Wildman–Crippen LogP) is -0.301. The van der Waals surface area contributed by atoms with Crippen molar-refractivity contribution in [1.82, 2.24) is 10.0 Å². The summed E-state index contributed by atoms with van der Waals surface area (Å²) in [5.41, 5.74) is 5.40. The first-order valence-corrected chi connectivity index (χ1v) is 7.14. The van der Waals surface area contributed by atoms with E-state index in [0.717, 1.165) is 18.2 Å². The molecule has 0 aromatic heterocycles. The zero-order chi connectivity index (χ0) is 14.5. The van der Waals surface area contributed by atoms with E-state index in [4.69, 9.17) is 5.73 Å². The van der Waals surface area contributed by atoms with E-state index in [1.807, 2.05) is 0 Å². The highest BCUT2D eigenvalue weighted by Crippen LogP contribution is 2.14. The molecular weight excluding hydrogens is 273 g/mol. The topological polar surface area (TPSA) is 101 Å². The monoisotopic (exact) mass is 289 g/mol. The van der Waals surface area contributed by atoms with Crippen LogP contribution in [0.2, 0.25) is 0 Å². The lowest BCUT2D eigenvalue weighted by Crippen LogP contribution is -2.36. The highest BCUT2D eigenvalue weighted by molar-refractivity contribution is 7.89. The van der Waals surface area contributed by atoms with Gasteiger partial charge in [0, 0.05) is 18.7 Å². The Hall–Kier alpha value is -1.51. The number of halogens is 1. The van der Waals surface area contributed by atoms with Crippen molar-refractivity contribution >= 4 is 15.9 Å². The first-order valence-electron chi connectivity index (χ1n) is 5.65. The predicted molar refractivity (Wildman–Crippen MR) is 68.2 cm³/mol. The van der Waals surface area contributed by atoms with Crippen molar-refractivity contribution in [1.29, 1.82) is 0 Å². The minimum Gasteiger partial charge on any atom is -0.355 e. The van der Waals surface area contributed by atoms with Crippen molar-refractivity contribution < 1.29 is 17.6 Å². The molecule has 0 heterocycles. The van der Waals surface area contributed by atoms with Gasteiger partial charge in [-0.2, -0.15) is 0 Å². The number of carbonyl (C=O) groups excluding carboxylic acids is 1. The van der Waals surface area contributed by atoms with Gasteiger partial charge < -0.3 is 11.1 Å². The van der Waals surface area contributed by atoms with Crippen molar-refractivity contribution in [2.45, 2.75) is 18.4 Å². The number of amides is 1. The van der Waals surface area contributed by atoms with Crippen LogP contribution in [0.25, 0.3) is 0 Å². The van der Waals surface area contributed by atoms with E-state index in [9.17, 15) is 17.6 Å². The number of sulfonamides is 1. The van der Waals surface area contributed by atoms with Crippen molar-refractivity contribution in [2.75, 3.05) is 13.1 Å². The fourth-order valence-electron chi connectivity index (χ4n) is 1.38. The summed E-state index contributed by atoms with van der Waals surface area (Å²) in [4.78, 5) is 11.1. The molecular formula is C11H16FN3O3S. The minimum absolute atomic E-state index is 0.0980. The second-order valence-corrected chi connectivity index (χ2v) is 5.50. The Morgan fingerprint density at radius 3 is 2.68 bits per heavy atom. The van der Waals surface area contributed by atoms with Crippen molar-refractivity contribution in [3.8, 4) is 0 Å². The summed E-state index contributed by atoms with van der Waals surface area (Å²) >= 11 is 0. The van der Waals surface area contributed by atoms with Gasteiger partial charge in [-0.05, 0) is 25.1 Å². The van der Waals surface area contributed by atoms with Gasteiger partial charge in [-0.3, -0.25) is 4.79 Å². The summed E-state index contributed by atoms with van der Waals surface area (Å²) in [6.07, 6.45) is 0. The maximum absolute atomic E-state index is 13.2. The fraction of sp³-hybridized carbons (Fsp3) is 0.364. The van der Waals surface area contributed by atoms with Gasteiger partial charge in [-0.25, -0.2) is 17.5 Å². The van der Waals surface area contributed by atoms with Gasteiger partial charge in [0.15, 0.2) is 0 Å². The molecule has 0 saturated carbocycles. The molecule has 106 valence electrons. The summed E-state index contributed by atoms with van der Waals surface area (Å²) in [5.74, 6) is -1.00. The second-order valence-electron chi connectivity index (χ2n) is 3.74. The molecule has 1 rings (SSSR count). The normalized spacial score (nSPS) is 11.3. The van der Waals surface area contributed by atoms with Crippen LogP contribution >= 0.6 is 0 Å². The Morgan fingerprint density at radius 1 is 1.42 bits per heavy atom. The molecule has 6 nitrogen and oxygen atoms in total. The van der Waals surface area contributed by atoms with Crippen LogP contribution in [0.3, 0.4) is 0 Å². The van der Waals surface area contributed by atoms with E-state index in [1.54, 1.807) is 6.92 Å². The van der Waals surface area contributed by atoms with Gasteiger partial charge in [0.05, 0.1) is 11.4 Å². The van der Waals surface area contributed by atoms with Crippen molar-refractivity contribution in [3.05, 3.63) is 29.6 Å². The lowest BCUT2D eigenvalue weighted by atomic mass is 10.2. The molecule has 4 N–H and O–H groups in total. The molecule has 0 saturated heterocycles. The van der Waals surface area contributed by atoms with Gasteiger partial charge in [-0.15, -0.1) is 0 Å². The lowest BCUT2D eigenvalue weighted by molar-refractivity contribution is -0.119. The molecule has 0 radical (unpaired) electrons. The van der Waals surface area contributed by atoms with Gasteiger partial charge in [0.1, 0.15) is 5.82 Å². The Morgan fingerprint density at radius 2 is 2.11 bits per heavy atom. The average molecular weight is 289 g/mol. The molecule has 0 unspecified atom stereocenters. The molecule has 0 aliphatic carbocycles. The van der Waals surface area contributed by atoms with Crippen molar-refractivity contribution in [2.24, 2.45) is 5.73 Å². The van der Waals surface area contributed by atoms with Gasteiger partial charge in [-0.1, -0.05) is 0 Å². The van der Waals surface area contributed by atoms with Crippen LogP contribution < -0.4 is 15.8 Å². The number of hydrogen-bond donors (Lipinski definition) is 3. The molecule has 1 aromatic rings. The number of nitrogens with two attached hydrogens (primary N) is 1. The molecule has 0 atom stereocenters. The summed E-state index contributed by atoms with van der Waals surface area (Å²) in [6, 6.07) is 3.30. The van der Waals surface area contributed by atoms with Gasteiger partial charge in [0.25, 0.3) is 0 Å².